The van der Waals surface area contributed by atoms with Gasteiger partial charge in [-0.05, 0) is 52.0 Å². The largest absolute Gasteiger partial charge is 0.497 e. The minimum Gasteiger partial charge on any atom is -0.497 e. The van der Waals surface area contributed by atoms with E-state index in [1.165, 1.54) is 0 Å². The zero-order chi connectivity index (χ0) is 16.0. The highest BCUT2D eigenvalue weighted by atomic mass is 31.2. The molecule has 0 aliphatic heterocycles. The van der Waals surface area contributed by atoms with Crippen LogP contribution in [0.2, 0.25) is 0 Å². The number of ether oxygens (including phenoxy) is 1. The molecule has 0 bridgehead atoms. The Labute approximate surface area is 126 Å². The molecular weight excluding hydrogens is 291 g/mol. The van der Waals surface area contributed by atoms with Crippen LogP contribution in [-0.4, -0.2) is 31.3 Å². The van der Waals surface area contributed by atoms with Crippen molar-refractivity contribution in [2.45, 2.75) is 39.9 Å². The standard InChI is InChI=1S/C15H23O5P/c1-11(2)19-21(17,20-12(3)4)10-15(16)13-6-8-14(18-5)9-7-13/h6-9,11-12H,10H2,1-5H3. The van der Waals surface area contributed by atoms with E-state index in [1.54, 1.807) is 59.1 Å². The van der Waals surface area contributed by atoms with E-state index >= 15 is 0 Å². The topological polar surface area (TPSA) is 61.8 Å². The Bertz CT molecular complexity index is 493. The third kappa shape index (κ3) is 6.00. The molecule has 0 aromatic heterocycles. The van der Waals surface area contributed by atoms with E-state index in [9.17, 15) is 9.36 Å². The van der Waals surface area contributed by atoms with Gasteiger partial charge in [0, 0.05) is 5.56 Å². The first-order chi connectivity index (χ1) is 9.75. The van der Waals surface area contributed by atoms with E-state index in [4.69, 9.17) is 13.8 Å². The summed E-state index contributed by atoms with van der Waals surface area (Å²) >= 11 is 0. The summed E-state index contributed by atoms with van der Waals surface area (Å²) in [4.78, 5) is 12.2. The molecule has 0 saturated heterocycles. The lowest BCUT2D eigenvalue weighted by atomic mass is 10.1. The van der Waals surface area contributed by atoms with Gasteiger partial charge in [0.15, 0.2) is 5.78 Å². The predicted octanol–water partition coefficient (Wildman–Crippen LogP) is 3.92. The maximum atomic E-state index is 12.7. The van der Waals surface area contributed by atoms with Gasteiger partial charge in [-0.25, -0.2) is 0 Å². The molecule has 21 heavy (non-hydrogen) atoms. The molecule has 0 saturated carbocycles. The fraction of sp³-hybridized carbons (Fsp3) is 0.533. The fourth-order valence-corrected chi connectivity index (χ4v) is 3.80. The van der Waals surface area contributed by atoms with Crippen molar-refractivity contribution in [1.82, 2.24) is 0 Å². The molecule has 0 heterocycles. The molecule has 0 atom stereocenters. The summed E-state index contributed by atoms with van der Waals surface area (Å²) in [6, 6.07) is 6.64. The Morgan fingerprint density at radius 1 is 1.05 bits per heavy atom. The minimum atomic E-state index is -3.45. The molecule has 1 aromatic carbocycles. The first-order valence-electron chi connectivity index (χ1n) is 6.89. The molecule has 118 valence electrons. The van der Waals surface area contributed by atoms with Gasteiger partial charge in [-0.2, -0.15) is 0 Å². The molecule has 0 fully saturated rings. The summed E-state index contributed by atoms with van der Waals surface area (Å²) in [5.74, 6) is 0.383. The Kier molecular flexibility index (Phi) is 6.59. The fourth-order valence-electron chi connectivity index (χ4n) is 1.79. The zero-order valence-corrected chi connectivity index (χ0v) is 14.1. The number of carbonyl (C=O) groups excluding carboxylic acids is 1. The first kappa shape index (κ1) is 17.9. The van der Waals surface area contributed by atoms with Gasteiger partial charge in [0.05, 0.1) is 19.3 Å². The SMILES string of the molecule is COc1ccc(C(=O)CP(=O)(OC(C)C)OC(C)C)cc1. The molecule has 0 aliphatic carbocycles. The molecule has 6 heteroatoms. The van der Waals surface area contributed by atoms with Crippen molar-refractivity contribution in [3.05, 3.63) is 29.8 Å². The third-order valence-corrected chi connectivity index (χ3v) is 4.65. The van der Waals surface area contributed by atoms with Crippen LogP contribution >= 0.6 is 7.60 Å². The summed E-state index contributed by atoms with van der Waals surface area (Å²) in [7, 11) is -1.90. The second kappa shape index (κ2) is 7.74. The Hall–Kier alpha value is -1.16. The van der Waals surface area contributed by atoms with Crippen LogP contribution in [0.1, 0.15) is 38.1 Å². The van der Waals surface area contributed by atoms with Gasteiger partial charge in [-0.3, -0.25) is 9.36 Å². The van der Waals surface area contributed by atoms with Gasteiger partial charge in [0.25, 0.3) is 0 Å². The Morgan fingerprint density at radius 2 is 1.52 bits per heavy atom. The van der Waals surface area contributed by atoms with Crippen LogP contribution in [0.15, 0.2) is 24.3 Å². The quantitative estimate of drug-likeness (QED) is 0.537. The number of hydrogen-bond donors (Lipinski definition) is 0. The molecule has 1 aromatic rings. The van der Waals surface area contributed by atoms with Crippen molar-refractivity contribution >= 4 is 13.4 Å². The number of rotatable bonds is 8. The number of carbonyl (C=O) groups is 1. The Balaban J connectivity index is 2.86. The molecule has 1 rings (SSSR count). The van der Waals surface area contributed by atoms with Crippen molar-refractivity contribution in [1.29, 1.82) is 0 Å². The monoisotopic (exact) mass is 314 g/mol. The number of ketones is 1. The number of methoxy groups -OCH3 is 1. The van der Waals surface area contributed by atoms with Crippen LogP contribution in [0.3, 0.4) is 0 Å². The number of Topliss-reactive ketones (excluding diaryl/α,β-unsaturated/α-hetero) is 1. The van der Waals surface area contributed by atoms with Crippen LogP contribution in [-0.2, 0) is 13.6 Å². The molecule has 0 aliphatic rings. The lowest BCUT2D eigenvalue weighted by molar-refractivity contribution is 0.0988. The maximum Gasteiger partial charge on any atom is 0.338 e. The summed E-state index contributed by atoms with van der Waals surface area (Å²) < 4.78 is 28.4. The highest BCUT2D eigenvalue weighted by Gasteiger charge is 2.31. The van der Waals surface area contributed by atoms with E-state index < -0.39 is 7.60 Å². The van der Waals surface area contributed by atoms with E-state index in [1.807, 2.05) is 0 Å². The Morgan fingerprint density at radius 3 is 1.90 bits per heavy atom. The first-order valence-corrected chi connectivity index (χ1v) is 8.61. The summed E-state index contributed by atoms with van der Waals surface area (Å²) in [5.41, 5.74) is 0.454. The van der Waals surface area contributed by atoms with Gasteiger partial charge in [0.2, 0.25) is 0 Å². The summed E-state index contributed by atoms with van der Waals surface area (Å²) in [6.07, 6.45) is -0.827. The van der Waals surface area contributed by atoms with Gasteiger partial charge in [-0.1, -0.05) is 0 Å². The van der Waals surface area contributed by atoms with Crippen molar-refractivity contribution in [2.24, 2.45) is 0 Å². The summed E-state index contributed by atoms with van der Waals surface area (Å²) in [6.45, 7) is 7.03. The highest BCUT2D eigenvalue weighted by molar-refractivity contribution is 7.55. The van der Waals surface area contributed by atoms with Crippen LogP contribution in [0, 0.1) is 0 Å². The summed E-state index contributed by atoms with van der Waals surface area (Å²) in [5, 5.41) is 0. The number of benzene rings is 1. The third-order valence-electron chi connectivity index (χ3n) is 2.49. The molecular formula is C15H23O5P. The molecule has 0 spiro atoms. The van der Waals surface area contributed by atoms with Crippen molar-refractivity contribution in [3.8, 4) is 5.75 Å². The van der Waals surface area contributed by atoms with Gasteiger partial charge >= 0.3 is 7.60 Å². The van der Waals surface area contributed by atoms with Gasteiger partial charge in [-0.15, -0.1) is 0 Å². The van der Waals surface area contributed by atoms with Crippen molar-refractivity contribution in [2.75, 3.05) is 13.3 Å². The second-order valence-corrected chi connectivity index (χ2v) is 7.19. The second-order valence-electron chi connectivity index (χ2n) is 5.23. The molecule has 0 radical (unpaired) electrons. The maximum absolute atomic E-state index is 12.7. The zero-order valence-electron chi connectivity index (χ0n) is 13.2. The van der Waals surface area contributed by atoms with Crippen LogP contribution in [0.4, 0.5) is 0 Å². The van der Waals surface area contributed by atoms with Gasteiger partial charge in [0.1, 0.15) is 11.9 Å². The van der Waals surface area contributed by atoms with E-state index in [0.29, 0.717) is 11.3 Å². The van der Waals surface area contributed by atoms with Crippen LogP contribution < -0.4 is 4.74 Å². The van der Waals surface area contributed by atoms with E-state index in [2.05, 4.69) is 0 Å². The average Bonchev–Trinajstić information content (AvgIpc) is 2.36. The molecule has 0 unspecified atom stereocenters. The minimum absolute atomic E-state index is 0.268. The predicted molar refractivity (Wildman–Crippen MR) is 82.2 cm³/mol. The lowest BCUT2D eigenvalue weighted by Gasteiger charge is -2.22. The highest BCUT2D eigenvalue weighted by Crippen LogP contribution is 2.50. The number of hydrogen-bond acceptors (Lipinski definition) is 5. The van der Waals surface area contributed by atoms with Crippen molar-refractivity contribution in [3.63, 3.8) is 0 Å². The van der Waals surface area contributed by atoms with Crippen LogP contribution in [0.5, 0.6) is 5.75 Å². The molecule has 0 amide bonds. The normalized spacial score (nSPS) is 12.0. The average molecular weight is 314 g/mol. The molecule has 5 nitrogen and oxygen atoms in total. The van der Waals surface area contributed by atoms with Crippen LogP contribution in [0.25, 0.3) is 0 Å². The van der Waals surface area contributed by atoms with E-state index in [0.717, 1.165) is 0 Å². The van der Waals surface area contributed by atoms with Crippen molar-refractivity contribution < 1.29 is 23.1 Å². The van der Waals surface area contributed by atoms with Gasteiger partial charge < -0.3 is 13.8 Å². The molecule has 0 N–H and O–H groups in total. The van der Waals surface area contributed by atoms with E-state index in [-0.39, 0.29) is 24.2 Å². The lowest BCUT2D eigenvalue weighted by Crippen LogP contribution is -2.15. The smallest absolute Gasteiger partial charge is 0.338 e.